The lowest BCUT2D eigenvalue weighted by molar-refractivity contribution is -0.139. The maximum Gasteiger partial charge on any atom is 0.247 e. The van der Waals surface area contributed by atoms with Gasteiger partial charge in [0.1, 0.15) is 5.54 Å². The molecule has 0 aromatic rings. The van der Waals surface area contributed by atoms with Crippen LogP contribution in [0.15, 0.2) is 0 Å². The van der Waals surface area contributed by atoms with Gasteiger partial charge in [0, 0.05) is 19.0 Å². The van der Waals surface area contributed by atoms with E-state index in [-0.39, 0.29) is 17.9 Å². The van der Waals surface area contributed by atoms with E-state index in [1.807, 2.05) is 11.8 Å². The van der Waals surface area contributed by atoms with E-state index in [9.17, 15) is 9.59 Å². The Hall–Kier alpha value is -1.06. The smallest absolute Gasteiger partial charge is 0.247 e. The van der Waals surface area contributed by atoms with Crippen LogP contribution < -0.4 is 5.32 Å². The highest BCUT2D eigenvalue weighted by Crippen LogP contribution is 2.17. The van der Waals surface area contributed by atoms with E-state index >= 15 is 0 Å². The molecule has 1 heterocycles. The molecule has 1 aliphatic heterocycles. The minimum atomic E-state index is -0.768. The molecule has 0 aromatic heterocycles. The van der Waals surface area contributed by atoms with Gasteiger partial charge in [-0.15, -0.1) is 0 Å². The second-order valence-electron chi connectivity index (χ2n) is 5.06. The van der Waals surface area contributed by atoms with Crippen molar-refractivity contribution in [2.24, 2.45) is 0 Å². The highest BCUT2D eigenvalue weighted by molar-refractivity contribution is 5.92. The van der Waals surface area contributed by atoms with Gasteiger partial charge >= 0.3 is 0 Å². The van der Waals surface area contributed by atoms with Crippen molar-refractivity contribution in [3.8, 4) is 0 Å². The number of nitrogens with zero attached hydrogens (tertiary/aromatic N) is 1. The van der Waals surface area contributed by atoms with Crippen LogP contribution in [0.5, 0.6) is 0 Å². The third-order valence-corrected chi connectivity index (χ3v) is 3.07. The first kappa shape index (κ1) is 13.0. The second kappa shape index (κ2) is 4.85. The van der Waals surface area contributed by atoms with Gasteiger partial charge in [0.15, 0.2) is 0 Å². The van der Waals surface area contributed by atoms with Crippen LogP contribution in [0.4, 0.5) is 0 Å². The fraction of sp³-hybridized carbons (Fsp3) is 0.833. The summed E-state index contributed by atoms with van der Waals surface area (Å²) in [6.45, 7) is 8.23. The number of hydrogen-bond donors (Lipinski definition) is 1. The average Bonchev–Trinajstić information content (AvgIpc) is 2.25. The maximum atomic E-state index is 12.2. The largest absolute Gasteiger partial charge is 0.342 e. The van der Waals surface area contributed by atoms with Crippen molar-refractivity contribution in [3.05, 3.63) is 0 Å². The lowest BCUT2D eigenvalue weighted by Gasteiger charge is -2.33. The normalized spacial score (nSPS) is 22.6. The number of nitrogens with one attached hydrogen (secondary N) is 1. The van der Waals surface area contributed by atoms with Crippen LogP contribution in [0.25, 0.3) is 0 Å². The van der Waals surface area contributed by atoms with Crippen molar-refractivity contribution in [2.45, 2.75) is 58.5 Å². The molecule has 2 amide bonds. The van der Waals surface area contributed by atoms with Gasteiger partial charge in [0.2, 0.25) is 11.8 Å². The summed E-state index contributed by atoms with van der Waals surface area (Å²) in [4.78, 5) is 25.6. The second-order valence-corrected chi connectivity index (χ2v) is 5.06. The molecule has 0 saturated carbocycles. The minimum Gasteiger partial charge on any atom is -0.342 e. The Labute approximate surface area is 97.4 Å². The Morgan fingerprint density at radius 2 is 2.06 bits per heavy atom. The molecule has 1 atom stereocenters. The van der Waals surface area contributed by atoms with Crippen LogP contribution in [0.1, 0.15) is 47.0 Å². The highest BCUT2D eigenvalue weighted by atomic mass is 16.2. The molecule has 0 spiro atoms. The molecule has 4 nitrogen and oxygen atoms in total. The molecule has 1 N–H and O–H groups in total. The molecule has 1 unspecified atom stereocenters. The number of rotatable bonds is 3. The van der Waals surface area contributed by atoms with Gasteiger partial charge in [0.05, 0.1) is 0 Å². The van der Waals surface area contributed by atoms with Crippen molar-refractivity contribution in [2.75, 3.05) is 6.54 Å². The quantitative estimate of drug-likeness (QED) is 0.788. The minimum absolute atomic E-state index is 0.0271. The summed E-state index contributed by atoms with van der Waals surface area (Å²) in [5.74, 6) is -0.0103. The molecule has 1 fully saturated rings. The van der Waals surface area contributed by atoms with E-state index in [1.165, 1.54) is 0 Å². The summed E-state index contributed by atoms with van der Waals surface area (Å²) >= 11 is 0. The molecule has 1 aliphatic rings. The molecule has 1 saturated heterocycles. The molecule has 0 bridgehead atoms. The first-order chi connectivity index (χ1) is 7.38. The molecular weight excluding hydrogens is 204 g/mol. The lowest BCUT2D eigenvalue weighted by atomic mass is 10.0. The van der Waals surface area contributed by atoms with Crippen LogP contribution in [-0.2, 0) is 9.59 Å². The fourth-order valence-electron chi connectivity index (χ4n) is 2.14. The van der Waals surface area contributed by atoms with Crippen molar-refractivity contribution >= 4 is 11.8 Å². The zero-order valence-electron chi connectivity index (χ0n) is 10.7. The van der Waals surface area contributed by atoms with E-state index in [0.717, 1.165) is 12.8 Å². The summed E-state index contributed by atoms with van der Waals surface area (Å²) in [5.41, 5.74) is -0.768. The zero-order chi connectivity index (χ0) is 12.3. The zero-order valence-corrected chi connectivity index (χ0v) is 10.7. The van der Waals surface area contributed by atoms with Crippen molar-refractivity contribution in [3.63, 3.8) is 0 Å². The third-order valence-electron chi connectivity index (χ3n) is 3.07. The average molecular weight is 226 g/mol. The van der Waals surface area contributed by atoms with Crippen LogP contribution in [0.3, 0.4) is 0 Å². The van der Waals surface area contributed by atoms with Gasteiger partial charge in [-0.25, -0.2) is 0 Å². The molecule has 1 rings (SSSR count). The number of amides is 2. The van der Waals surface area contributed by atoms with Gasteiger partial charge in [-0.1, -0.05) is 13.3 Å². The third kappa shape index (κ3) is 2.74. The van der Waals surface area contributed by atoms with E-state index in [2.05, 4.69) is 12.2 Å². The number of carbonyl (C=O) groups excluding carboxylic acids is 2. The summed E-state index contributed by atoms with van der Waals surface area (Å²) < 4.78 is 0. The number of carbonyl (C=O) groups is 2. The fourth-order valence-corrected chi connectivity index (χ4v) is 2.14. The molecule has 92 valence electrons. The van der Waals surface area contributed by atoms with Gasteiger partial charge in [-0.2, -0.15) is 0 Å². The highest BCUT2D eigenvalue weighted by Gasteiger charge is 2.37. The van der Waals surface area contributed by atoms with Crippen LogP contribution in [0, 0.1) is 0 Å². The van der Waals surface area contributed by atoms with E-state index in [4.69, 9.17) is 0 Å². The van der Waals surface area contributed by atoms with Crippen molar-refractivity contribution in [1.82, 2.24) is 10.2 Å². The molecular formula is C12H22N2O2. The van der Waals surface area contributed by atoms with Gasteiger partial charge in [-0.3, -0.25) is 9.59 Å². The summed E-state index contributed by atoms with van der Waals surface area (Å²) in [7, 11) is 0. The van der Waals surface area contributed by atoms with Crippen molar-refractivity contribution < 1.29 is 9.59 Å². The topological polar surface area (TPSA) is 49.4 Å². The van der Waals surface area contributed by atoms with Crippen LogP contribution >= 0.6 is 0 Å². The SMILES string of the molecule is CCCC(C)N1CCC(=O)NC(C)(C)C1=O. The predicted octanol–water partition coefficient (Wildman–Crippen LogP) is 1.30. The summed E-state index contributed by atoms with van der Waals surface area (Å²) in [6.07, 6.45) is 2.44. The standard InChI is InChI=1S/C12H22N2O2/c1-5-6-9(2)14-8-7-10(15)13-12(3,4)11(14)16/h9H,5-8H2,1-4H3,(H,13,15). The Balaban J connectivity index is 2.84. The summed E-state index contributed by atoms with van der Waals surface area (Å²) in [5, 5.41) is 2.76. The molecule has 0 radical (unpaired) electrons. The van der Waals surface area contributed by atoms with Crippen LogP contribution in [0.2, 0.25) is 0 Å². The molecule has 0 aliphatic carbocycles. The van der Waals surface area contributed by atoms with E-state index < -0.39 is 5.54 Å². The molecule has 4 heteroatoms. The van der Waals surface area contributed by atoms with Gasteiger partial charge in [0.25, 0.3) is 0 Å². The van der Waals surface area contributed by atoms with Gasteiger partial charge < -0.3 is 10.2 Å². The van der Waals surface area contributed by atoms with Gasteiger partial charge in [-0.05, 0) is 27.2 Å². The van der Waals surface area contributed by atoms with E-state index in [0.29, 0.717) is 13.0 Å². The molecule has 16 heavy (non-hydrogen) atoms. The Kier molecular flexibility index (Phi) is 3.94. The Bertz CT molecular complexity index is 287. The predicted molar refractivity (Wildman–Crippen MR) is 62.9 cm³/mol. The maximum absolute atomic E-state index is 12.2. The lowest BCUT2D eigenvalue weighted by Crippen LogP contribution is -2.54. The monoisotopic (exact) mass is 226 g/mol. The number of hydrogen-bond acceptors (Lipinski definition) is 2. The van der Waals surface area contributed by atoms with Crippen molar-refractivity contribution in [1.29, 1.82) is 0 Å². The Morgan fingerprint density at radius 3 is 2.62 bits per heavy atom. The van der Waals surface area contributed by atoms with E-state index in [1.54, 1.807) is 13.8 Å². The molecule has 0 aromatic carbocycles. The first-order valence-electron chi connectivity index (χ1n) is 6.00. The van der Waals surface area contributed by atoms with Crippen LogP contribution in [-0.4, -0.2) is 34.8 Å². The Morgan fingerprint density at radius 1 is 1.44 bits per heavy atom. The summed E-state index contributed by atoms with van der Waals surface area (Å²) in [6, 6.07) is 0.212. The first-order valence-corrected chi connectivity index (χ1v) is 6.00.